The second-order valence-corrected chi connectivity index (χ2v) is 7.04. The molecule has 1 heterocycles. The Balaban J connectivity index is -0.000000134. The molecule has 1 aliphatic heterocycles. The Bertz CT molecular complexity index is 357. The van der Waals surface area contributed by atoms with Crippen molar-refractivity contribution in [2.45, 2.75) is 82.2 Å². The van der Waals surface area contributed by atoms with Crippen LogP contribution < -0.4 is 0 Å². The molecule has 135 valence electrons. The van der Waals surface area contributed by atoms with Crippen LogP contribution >= 0.6 is 0 Å². The zero-order valence-corrected chi connectivity index (χ0v) is 17.0. The summed E-state index contributed by atoms with van der Waals surface area (Å²) in [4.78, 5) is 2.56. The number of hydrogen-bond donors (Lipinski definition) is 0. The van der Waals surface area contributed by atoms with Gasteiger partial charge in [0.15, 0.2) is 0 Å². The number of likely N-dealkylation sites (tertiary alicyclic amines) is 1. The number of nitrogens with zero attached hydrogens (tertiary/aromatic N) is 1. The minimum Gasteiger partial charge on any atom is -0.300 e. The quantitative estimate of drug-likeness (QED) is 0.527. The molecule has 1 fully saturated rings. The maximum absolute atomic E-state index is 2.56. The van der Waals surface area contributed by atoms with E-state index in [0.29, 0.717) is 11.3 Å². The van der Waals surface area contributed by atoms with Crippen LogP contribution in [0.4, 0.5) is 0 Å². The summed E-state index contributed by atoms with van der Waals surface area (Å²) in [6.45, 7) is 16.3. The van der Waals surface area contributed by atoms with Gasteiger partial charge in [-0.05, 0) is 43.7 Å². The van der Waals surface area contributed by atoms with Crippen molar-refractivity contribution >= 4 is 0 Å². The fourth-order valence-electron chi connectivity index (χ4n) is 2.43. The SMILES string of the molecule is C.C.C.CC(C)N1CCC(C)(C)C1.CC(C)c1ccccc1.[Y]. The van der Waals surface area contributed by atoms with Crippen LogP contribution in [0.25, 0.3) is 0 Å². The molecule has 0 unspecified atom stereocenters. The minimum atomic E-state index is 0. The molecule has 0 aliphatic carbocycles. The molecule has 1 aromatic carbocycles. The largest absolute Gasteiger partial charge is 0.300 e. The van der Waals surface area contributed by atoms with Gasteiger partial charge < -0.3 is 4.90 Å². The fourth-order valence-corrected chi connectivity index (χ4v) is 2.43. The first-order chi connectivity index (χ1) is 8.82. The Hall–Kier alpha value is 0.284. The average molecular weight is 398 g/mol. The number of rotatable bonds is 2. The molecule has 0 spiro atoms. The van der Waals surface area contributed by atoms with E-state index < -0.39 is 0 Å². The molecule has 1 nitrogen and oxygen atoms in total. The maximum Gasteiger partial charge on any atom is 0.00388 e. The van der Waals surface area contributed by atoms with Crippen LogP contribution in [-0.2, 0) is 32.7 Å². The molecule has 23 heavy (non-hydrogen) atoms. The Kier molecular flexibility index (Phi) is 19.8. The van der Waals surface area contributed by atoms with Gasteiger partial charge in [-0.15, -0.1) is 0 Å². The monoisotopic (exact) mass is 398 g/mol. The van der Waals surface area contributed by atoms with Crippen LogP contribution in [0.3, 0.4) is 0 Å². The first-order valence-corrected chi connectivity index (χ1v) is 7.61. The number of benzene rings is 1. The van der Waals surface area contributed by atoms with Gasteiger partial charge in [0.1, 0.15) is 0 Å². The van der Waals surface area contributed by atoms with E-state index in [2.05, 4.69) is 70.7 Å². The predicted molar refractivity (Wildman–Crippen MR) is 106 cm³/mol. The third kappa shape index (κ3) is 12.3. The molecule has 2 rings (SSSR count). The standard InChI is InChI=1S/C9H19N.C9H12.3CH4.Y/c1-8(2)10-6-5-9(3,4)7-10;1-8(2)9-6-4-3-5-7-9;;;;/h8H,5-7H2,1-4H3;3-8H,1-2H3;3*1H4;. The molecule has 0 aromatic heterocycles. The van der Waals surface area contributed by atoms with E-state index in [-0.39, 0.29) is 55.0 Å². The van der Waals surface area contributed by atoms with E-state index in [1.807, 2.05) is 6.07 Å². The summed E-state index contributed by atoms with van der Waals surface area (Å²) in [5.41, 5.74) is 1.99. The molecule has 0 N–H and O–H groups in total. The van der Waals surface area contributed by atoms with Crippen LogP contribution in [0.15, 0.2) is 30.3 Å². The molecule has 1 aliphatic rings. The van der Waals surface area contributed by atoms with E-state index in [1.54, 1.807) is 0 Å². The normalized spacial score (nSPS) is 15.3. The molecular weight excluding hydrogens is 355 g/mol. The van der Waals surface area contributed by atoms with Crippen molar-refractivity contribution in [1.29, 1.82) is 0 Å². The Labute approximate surface area is 173 Å². The Morgan fingerprint density at radius 2 is 1.39 bits per heavy atom. The van der Waals surface area contributed by atoms with Gasteiger partial charge >= 0.3 is 0 Å². The number of hydrogen-bond acceptors (Lipinski definition) is 1. The van der Waals surface area contributed by atoms with Gasteiger partial charge in [-0.1, -0.05) is 80.3 Å². The third-order valence-corrected chi connectivity index (χ3v) is 3.90. The van der Waals surface area contributed by atoms with Gasteiger partial charge in [0, 0.05) is 45.3 Å². The van der Waals surface area contributed by atoms with Crippen molar-refractivity contribution < 1.29 is 32.7 Å². The topological polar surface area (TPSA) is 3.24 Å². The minimum absolute atomic E-state index is 0. The predicted octanol–water partition coefficient (Wildman–Crippen LogP) is 6.84. The summed E-state index contributed by atoms with van der Waals surface area (Å²) in [6, 6.07) is 11.3. The molecule has 1 radical (unpaired) electrons. The third-order valence-electron chi connectivity index (χ3n) is 3.90. The van der Waals surface area contributed by atoms with E-state index in [9.17, 15) is 0 Å². The molecule has 0 amide bonds. The van der Waals surface area contributed by atoms with Crippen molar-refractivity contribution in [2.75, 3.05) is 13.1 Å². The summed E-state index contributed by atoms with van der Waals surface area (Å²) in [5, 5.41) is 0. The van der Waals surface area contributed by atoms with Crippen molar-refractivity contribution in [1.82, 2.24) is 4.90 Å². The summed E-state index contributed by atoms with van der Waals surface area (Å²) < 4.78 is 0. The van der Waals surface area contributed by atoms with Crippen LogP contribution in [0.2, 0.25) is 0 Å². The maximum atomic E-state index is 2.56. The van der Waals surface area contributed by atoms with Crippen molar-refractivity contribution in [3.05, 3.63) is 35.9 Å². The first-order valence-electron chi connectivity index (χ1n) is 7.61. The molecule has 2 heteroatoms. The fraction of sp³-hybridized carbons (Fsp3) is 0.714. The van der Waals surface area contributed by atoms with Gasteiger partial charge in [-0.3, -0.25) is 0 Å². The Morgan fingerprint density at radius 1 is 0.913 bits per heavy atom. The molecule has 0 atom stereocenters. The van der Waals surface area contributed by atoms with E-state index in [4.69, 9.17) is 0 Å². The van der Waals surface area contributed by atoms with E-state index in [1.165, 1.54) is 25.1 Å². The van der Waals surface area contributed by atoms with Crippen molar-refractivity contribution in [3.63, 3.8) is 0 Å². The molecule has 0 saturated carbocycles. The second kappa shape index (κ2) is 14.6. The Morgan fingerprint density at radius 3 is 1.61 bits per heavy atom. The van der Waals surface area contributed by atoms with Gasteiger partial charge in [0.25, 0.3) is 0 Å². The molecule has 1 saturated heterocycles. The summed E-state index contributed by atoms with van der Waals surface area (Å²) in [5.74, 6) is 0.659. The van der Waals surface area contributed by atoms with Crippen molar-refractivity contribution in [3.8, 4) is 0 Å². The van der Waals surface area contributed by atoms with E-state index in [0.717, 1.165) is 6.04 Å². The van der Waals surface area contributed by atoms with Gasteiger partial charge in [-0.25, -0.2) is 0 Å². The molecule has 0 bridgehead atoms. The van der Waals surface area contributed by atoms with Crippen LogP contribution in [0.5, 0.6) is 0 Å². The van der Waals surface area contributed by atoms with Crippen LogP contribution in [-0.4, -0.2) is 24.0 Å². The van der Waals surface area contributed by atoms with Crippen molar-refractivity contribution in [2.24, 2.45) is 5.41 Å². The van der Waals surface area contributed by atoms with Crippen LogP contribution in [0.1, 0.15) is 81.7 Å². The van der Waals surface area contributed by atoms with Gasteiger partial charge in [-0.2, -0.15) is 0 Å². The van der Waals surface area contributed by atoms with Gasteiger partial charge in [0.05, 0.1) is 0 Å². The molecule has 1 aromatic rings. The summed E-state index contributed by atoms with van der Waals surface area (Å²) in [6.07, 6.45) is 1.37. The molecular formula is C21H43NY. The smallest absolute Gasteiger partial charge is 0.00388 e. The summed E-state index contributed by atoms with van der Waals surface area (Å²) >= 11 is 0. The van der Waals surface area contributed by atoms with E-state index >= 15 is 0 Å². The van der Waals surface area contributed by atoms with Gasteiger partial charge in [0.2, 0.25) is 0 Å². The summed E-state index contributed by atoms with van der Waals surface area (Å²) in [7, 11) is 0. The second-order valence-electron chi connectivity index (χ2n) is 7.04. The van der Waals surface area contributed by atoms with Crippen LogP contribution in [0, 0.1) is 5.41 Å². The zero-order valence-electron chi connectivity index (χ0n) is 14.2. The average Bonchev–Trinajstić information content (AvgIpc) is 2.72. The zero-order chi connectivity index (χ0) is 14.5. The first kappa shape index (κ1) is 31.1.